The molecule has 2 N–H and O–H groups in total. The topological polar surface area (TPSA) is 91.5 Å². The van der Waals surface area contributed by atoms with Gasteiger partial charge in [-0.1, -0.05) is 32.0 Å². The zero-order valence-corrected chi connectivity index (χ0v) is 12.7. The first kappa shape index (κ1) is 16.1. The lowest BCUT2D eigenvalue weighted by molar-refractivity contribution is 0.220. The predicted molar refractivity (Wildman–Crippen MR) is 83.0 cm³/mol. The molecule has 0 aliphatic heterocycles. The molecule has 22 heavy (non-hydrogen) atoms. The third kappa shape index (κ3) is 3.00. The fourth-order valence-corrected chi connectivity index (χ4v) is 2.33. The van der Waals surface area contributed by atoms with Crippen LogP contribution in [0.2, 0.25) is 0 Å². The maximum Gasteiger partial charge on any atom is 0.356 e. The number of para-hydroxylation sites is 1. The summed E-state index contributed by atoms with van der Waals surface area (Å²) in [4.78, 5) is 21.3. The van der Waals surface area contributed by atoms with Crippen molar-refractivity contribution in [2.24, 2.45) is 0 Å². The molecule has 0 fully saturated rings. The fourth-order valence-electron chi connectivity index (χ4n) is 2.33. The summed E-state index contributed by atoms with van der Waals surface area (Å²) < 4.78 is 1.41. The maximum absolute atomic E-state index is 12.3. The second kappa shape index (κ2) is 7.15. The second-order valence-electron chi connectivity index (χ2n) is 4.76. The van der Waals surface area contributed by atoms with Crippen molar-refractivity contribution in [1.82, 2.24) is 14.5 Å². The number of aliphatic hydroxyl groups excluding tert-OH is 2. The van der Waals surface area contributed by atoms with E-state index in [0.717, 1.165) is 34.6 Å². The molecule has 0 saturated carbocycles. The van der Waals surface area contributed by atoms with Crippen LogP contribution in [0.1, 0.15) is 25.0 Å². The van der Waals surface area contributed by atoms with Crippen LogP contribution >= 0.6 is 0 Å². The van der Waals surface area contributed by atoms with Gasteiger partial charge in [0.2, 0.25) is 5.95 Å². The average molecular weight is 304 g/mol. The lowest BCUT2D eigenvalue weighted by Gasteiger charge is -2.18. The summed E-state index contributed by atoms with van der Waals surface area (Å²) in [6, 6.07) is 5.92. The molecule has 2 rings (SSSR count). The second-order valence-corrected chi connectivity index (χ2v) is 4.76. The van der Waals surface area contributed by atoms with Crippen molar-refractivity contribution in [3.05, 3.63) is 46.1 Å². The fraction of sp³-hybridized carbons (Fsp3) is 0.400. The zero-order valence-electron chi connectivity index (χ0n) is 12.7. The zero-order chi connectivity index (χ0) is 16.1. The van der Waals surface area contributed by atoms with Crippen molar-refractivity contribution < 1.29 is 10.2 Å². The molecule has 0 saturated heterocycles. The van der Waals surface area contributed by atoms with E-state index in [4.69, 9.17) is 10.2 Å². The number of aromatic nitrogens is 3. The molecule has 118 valence electrons. The van der Waals surface area contributed by atoms with Crippen molar-refractivity contribution >= 4 is 5.95 Å². The Morgan fingerprint density at radius 1 is 1.14 bits per heavy atom. The molecule has 0 radical (unpaired) electrons. The van der Waals surface area contributed by atoms with Crippen LogP contribution < -0.4 is 10.6 Å². The molecular formula is C15H20N4O3. The summed E-state index contributed by atoms with van der Waals surface area (Å²) in [5.41, 5.74) is 2.40. The molecule has 7 nitrogen and oxygen atoms in total. The number of hydrogen-bond donors (Lipinski definition) is 2. The summed E-state index contributed by atoms with van der Waals surface area (Å²) >= 11 is 0. The Kier molecular flexibility index (Phi) is 5.24. The van der Waals surface area contributed by atoms with Crippen LogP contribution in [0.25, 0.3) is 5.69 Å². The Balaban J connectivity index is 2.58. The molecule has 0 bridgehead atoms. The summed E-state index contributed by atoms with van der Waals surface area (Å²) in [5.74, 6) is -0.00159. The van der Waals surface area contributed by atoms with Gasteiger partial charge in [0, 0.05) is 0 Å². The van der Waals surface area contributed by atoms with Crippen LogP contribution in [0.3, 0.4) is 0 Å². The first-order chi connectivity index (χ1) is 10.7. The summed E-state index contributed by atoms with van der Waals surface area (Å²) in [6.07, 6.45) is 2.96. The van der Waals surface area contributed by atoms with Gasteiger partial charge in [-0.2, -0.15) is 4.98 Å². The van der Waals surface area contributed by atoms with Gasteiger partial charge < -0.3 is 10.2 Å². The van der Waals surface area contributed by atoms with Crippen molar-refractivity contribution in [3.63, 3.8) is 0 Å². The Morgan fingerprint density at radius 2 is 1.73 bits per heavy atom. The molecule has 0 atom stereocenters. The molecule has 1 aromatic carbocycles. The molecule has 2 aromatic rings. The molecule has 1 heterocycles. The molecule has 1 aromatic heterocycles. The minimum absolute atomic E-state index is 0.00159. The molecule has 0 amide bonds. The van der Waals surface area contributed by atoms with Gasteiger partial charge in [-0.25, -0.2) is 9.78 Å². The van der Waals surface area contributed by atoms with E-state index in [-0.39, 0.29) is 5.95 Å². The molecular weight excluding hydrogens is 284 g/mol. The van der Waals surface area contributed by atoms with Gasteiger partial charge in [0.05, 0.1) is 5.69 Å². The van der Waals surface area contributed by atoms with E-state index in [1.165, 1.54) is 10.9 Å². The first-order valence-electron chi connectivity index (χ1n) is 7.19. The minimum Gasteiger partial charge on any atom is -0.376 e. The number of nitrogens with zero attached hydrogens (tertiary/aromatic N) is 4. The molecule has 0 spiro atoms. The van der Waals surface area contributed by atoms with Crippen LogP contribution in [0.5, 0.6) is 0 Å². The Hall–Kier alpha value is -2.25. The summed E-state index contributed by atoms with van der Waals surface area (Å²) in [6.45, 7) is 3.12. The van der Waals surface area contributed by atoms with E-state index in [0.29, 0.717) is 0 Å². The van der Waals surface area contributed by atoms with Crippen LogP contribution in [0.15, 0.2) is 29.3 Å². The predicted octanol–water partition coefficient (Wildman–Crippen LogP) is 0.458. The van der Waals surface area contributed by atoms with Crippen molar-refractivity contribution in [1.29, 1.82) is 0 Å². The number of anilines is 1. The summed E-state index contributed by atoms with van der Waals surface area (Å²) in [7, 11) is 0. The summed E-state index contributed by atoms with van der Waals surface area (Å²) in [5, 5.41) is 18.2. The quantitative estimate of drug-likeness (QED) is 0.753. The minimum atomic E-state index is -0.493. The van der Waals surface area contributed by atoms with Gasteiger partial charge in [0.1, 0.15) is 19.8 Å². The van der Waals surface area contributed by atoms with E-state index in [9.17, 15) is 4.79 Å². The van der Waals surface area contributed by atoms with Gasteiger partial charge in [-0.15, -0.1) is 0 Å². The Morgan fingerprint density at radius 3 is 2.18 bits per heavy atom. The van der Waals surface area contributed by atoms with Crippen LogP contribution in [0.4, 0.5) is 5.95 Å². The highest BCUT2D eigenvalue weighted by Gasteiger charge is 2.14. The highest BCUT2D eigenvalue weighted by atomic mass is 16.3. The first-order valence-corrected chi connectivity index (χ1v) is 7.19. The van der Waals surface area contributed by atoms with E-state index in [2.05, 4.69) is 9.97 Å². The SMILES string of the molecule is CCc1cccc(CC)c1-n1cnc(N(CO)CO)nc1=O. The maximum atomic E-state index is 12.3. The van der Waals surface area contributed by atoms with Crippen LogP contribution in [-0.4, -0.2) is 38.2 Å². The monoisotopic (exact) mass is 304 g/mol. The number of benzene rings is 1. The third-order valence-electron chi connectivity index (χ3n) is 3.52. The number of rotatable bonds is 6. The lowest BCUT2D eigenvalue weighted by atomic mass is 10.0. The van der Waals surface area contributed by atoms with E-state index in [1.54, 1.807) is 0 Å². The van der Waals surface area contributed by atoms with Crippen LogP contribution in [0, 0.1) is 0 Å². The van der Waals surface area contributed by atoms with Crippen molar-refractivity contribution in [2.45, 2.75) is 26.7 Å². The van der Waals surface area contributed by atoms with Gasteiger partial charge in [0.25, 0.3) is 0 Å². The van der Waals surface area contributed by atoms with Crippen molar-refractivity contribution in [2.75, 3.05) is 18.4 Å². The van der Waals surface area contributed by atoms with Crippen molar-refractivity contribution in [3.8, 4) is 5.69 Å². The van der Waals surface area contributed by atoms with Gasteiger partial charge >= 0.3 is 5.69 Å². The molecule has 0 unspecified atom stereocenters. The standard InChI is InChI=1S/C15H20N4O3/c1-3-11-6-5-7-12(4-2)13(11)19-8-16-14(17-15(19)22)18(9-20)10-21/h5-8,20-21H,3-4,9-10H2,1-2H3. The highest BCUT2D eigenvalue weighted by molar-refractivity contribution is 5.48. The lowest BCUT2D eigenvalue weighted by Crippen LogP contribution is -2.32. The normalized spacial score (nSPS) is 10.7. The number of aryl methyl sites for hydroxylation is 2. The van der Waals surface area contributed by atoms with E-state index >= 15 is 0 Å². The molecule has 0 aliphatic carbocycles. The third-order valence-corrected chi connectivity index (χ3v) is 3.52. The Bertz CT molecular complexity index is 673. The van der Waals surface area contributed by atoms with Gasteiger partial charge in [-0.05, 0) is 24.0 Å². The molecule has 7 heteroatoms. The van der Waals surface area contributed by atoms with Gasteiger partial charge in [0.15, 0.2) is 0 Å². The van der Waals surface area contributed by atoms with E-state index < -0.39 is 19.2 Å². The van der Waals surface area contributed by atoms with Crippen LogP contribution in [-0.2, 0) is 12.8 Å². The van der Waals surface area contributed by atoms with Gasteiger partial charge in [-0.3, -0.25) is 9.47 Å². The van der Waals surface area contributed by atoms with E-state index in [1.807, 2.05) is 32.0 Å². The Labute approximate surface area is 128 Å². The number of hydrogen-bond acceptors (Lipinski definition) is 6. The number of aliphatic hydroxyl groups is 2. The smallest absolute Gasteiger partial charge is 0.356 e. The largest absolute Gasteiger partial charge is 0.376 e. The molecule has 0 aliphatic rings. The highest BCUT2D eigenvalue weighted by Crippen LogP contribution is 2.19. The average Bonchev–Trinajstić information content (AvgIpc) is 2.55.